The summed E-state index contributed by atoms with van der Waals surface area (Å²) in [5.41, 5.74) is 1.20. The molecule has 2 aromatic rings. The minimum atomic E-state index is -0.297. The maximum atomic E-state index is 12.0. The molecule has 0 saturated heterocycles. The molecule has 5 nitrogen and oxygen atoms in total. The second-order valence-electron chi connectivity index (χ2n) is 4.47. The zero-order valence-corrected chi connectivity index (χ0v) is 13.0. The molecule has 0 unspecified atom stereocenters. The summed E-state index contributed by atoms with van der Waals surface area (Å²) >= 11 is 1.36. The van der Waals surface area contributed by atoms with Gasteiger partial charge in [0, 0.05) is 10.5 Å². The highest BCUT2D eigenvalue weighted by molar-refractivity contribution is 7.99. The van der Waals surface area contributed by atoms with Crippen molar-refractivity contribution in [2.45, 2.75) is 4.90 Å². The molecule has 0 aromatic heterocycles. The van der Waals surface area contributed by atoms with E-state index < -0.39 is 0 Å². The molecular formula is C17H14N2O3S. The van der Waals surface area contributed by atoms with Gasteiger partial charge in [-0.1, -0.05) is 12.1 Å². The number of benzene rings is 2. The Morgan fingerprint density at radius 2 is 1.96 bits per heavy atom. The fraction of sp³-hybridized carbons (Fsp3) is 0.118. The summed E-state index contributed by atoms with van der Waals surface area (Å²) in [6.07, 6.45) is 0.742. The van der Waals surface area contributed by atoms with Crippen LogP contribution in [0.3, 0.4) is 0 Å². The molecule has 0 fully saturated rings. The Bertz CT molecular complexity index is 723. The number of thioether (sulfide) groups is 1. The number of aldehydes is 1. The van der Waals surface area contributed by atoms with E-state index in [1.165, 1.54) is 11.8 Å². The quantitative estimate of drug-likeness (QED) is 0.624. The van der Waals surface area contributed by atoms with E-state index in [9.17, 15) is 9.59 Å². The van der Waals surface area contributed by atoms with Crippen molar-refractivity contribution >= 4 is 29.6 Å². The number of anilines is 1. The average Bonchev–Trinajstić information content (AvgIpc) is 2.59. The van der Waals surface area contributed by atoms with Gasteiger partial charge < -0.3 is 10.1 Å². The van der Waals surface area contributed by atoms with Crippen molar-refractivity contribution in [2.24, 2.45) is 0 Å². The third-order valence-electron chi connectivity index (χ3n) is 2.84. The molecule has 0 bridgehead atoms. The number of ether oxygens (including phenoxy) is 1. The van der Waals surface area contributed by atoms with Gasteiger partial charge in [0.1, 0.15) is 12.0 Å². The number of hydrogen-bond donors (Lipinski definition) is 1. The molecule has 2 rings (SSSR count). The number of nitriles is 1. The second-order valence-corrected chi connectivity index (χ2v) is 5.48. The van der Waals surface area contributed by atoms with Gasteiger partial charge in [-0.25, -0.2) is 0 Å². The van der Waals surface area contributed by atoms with E-state index in [2.05, 4.69) is 11.4 Å². The molecule has 2 aromatic carbocycles. The molecule has 0 heterocycles. The van der Waals surface area contributed by atoms with Crippen molar-refractivity contribution in [1.82, 2.24) is 0 Å². The zero-order chi connectivity index (χ0) is 16.5. The van der Waals surface area contributed by atoms with Crippen molar-refractivity contribution < 1.29 is 14.3 Å². The van der Waals surface area contributed by atoms with Crippen LogP contribution < -0.4 is 10.1 Å². The van der Waals surface area contributed by atoms with E-state index in [4.69, 9.17) is 10.00 Å². The number of nitrogens with zero attached hydrogens (tertiary/aromatic N) is 1. The molecule has 0 aliphatic rings. The average molecular weight is 326 g/mol. The minimum absolute atomic E-state index is 0.141. The summed E-state index contributed by atoms with van der Waals surface area (Å²) in [5.74, 6) is 0.527. The van der Waals surface area contributed by atoms with Crippen LogP contribution in [0.5, 0.6) is 5.75 Å². The Hall–Kier alpha value is -2.78. The molecule has 23 heavy (non-hydrogen) atoms. The molecule has 0 aliphatic carbocycles. The fourth-order valence-corrected chi connectivity index (χ4v) is 2.45. The van der Waals surface area contributed by atoms with Crippen LogP contribution in [0.1, 0.15) is 10.4 Å². The van der Waals surface area contributed by atoms with Gasteiger partial charge in [-0.2, -0.15) is 5.26 Å². The van der Waals surface area contributed by atoms with Crippen LogP contribution in [-0.4, -0.2) is 24.6 Å². The Morgan fingerprint density at radius 1 is 1.22 bits per heavy atom. The van der Waals surface area contributed by atoms with Gasteiger partial charge in [0.15, 0.2) is 6.61 Å². The summed E-state index contributed by atoms with van der Waals surface area (Å²) < 4.78 is 5.37. The molecule has 6 heteroatoms. The number of carbonyl (C=O) groups excluding carboxylic acids is 2. The van der Waals surface area contributed by atoms with Gasteiger partial charge in [0.05, 0.1) is 17.5 Å². The first-order chi connectivity index (χ1) is 11.2. The lowest BCUT2D eigenvalue weighted by molar-refractivity contribution is -0.118. The van der Waals surface area contributed by atoms with Crippen molar-refractivity contribution in [3.8, 4) is 11.8 Å². The molecule has 1 amide bonds. The van der Waals surface area contributed by atoms with Crippen molar-refractivity contribution in [3.63, 3.8) is 0 Å². The standard InChI is InChI=1S/C17H14N2O3S/c18-9-10-23-16-4-2-1-3-15(16)19-17(21)12-22-14-7-5-13(11-20)6-8-14/h1-8,11H,10,12H2,(H,19,21). The predicted molar refractivity (Wildman–Crippen MR) is 88.7 cm³/mol. The summed E-state index contributed by atoms with van der Waals surface area (Å²) in [6.45, 7) is -0.141. The van der Waals surface area contributed by atoms with E-state index in [0.29, 0.717) is 22.8 Å². The number of carbonyl (C=O) groups is 2. The maximum absolute atomic E-state index is 12.0. The highest BCUT2D eigenvalue weighted by Crippen LogP contribution is 2.26. The van der Waals surface area contributed by atoms with E-state index in [1.807, 2.05) is 18.2 Å². The maximum Gasteiger partial charge on any atom is 0.262 e. The van der Waals surface area contributed by atoms with E-state index in [0.717, 1.165) is 11.2 Å². The molecule has 0 aliphatic heterocycles. The van der Waals surface area contributed by atoms with Crippen LogP contribution in [0.2, 0.25) is 0 Å². The highest BCUT2D eigenvalue weighted by atomic mass is 32.2. The van der Waals surface area contributed by atoms with Crippen LogP contribution in [0.25, 0.3) is 0 Å². The smallest absolute Gasteiger partial charge is 0.262 e. The third kappa shape index (κ3) is 5.16. The van der Waals surface area contributed by atoms with Gasteiger partial charge in [-0.05, 0) is 36.4 Å². The summed E-state index contributed by atoms with van der Waals surface area (Å²) in [5, 5.41) is 11.4. The molecule has 116 valence electrons. The van der Waals surface area contributed by atoms with Crippen LogP contribution in [-0.2, 0) is 4.79 Å². The third-order valence-corrected chi connectivity index (χ3v) is 3.78. The van der Waals surface area contributed by atoms with Gasteiger partial charge in [0.25, 0.3) is 5.91 Å². The largest absolute Gasteiger partial charge is 0.484 e. The molecule has 1 N–H and O–H groups in total. The lowest BCUT2D eigenvalue weighted by atomic mass is 10.2. The first-order valence-corrected chi connectivity index (χ1v) is 7.78. The summed E-state index contributed by atoms with van der Waals surface area (Å²) in [4.78, 5) is 23.4. The Labute approximate surface area is 138 Å². The topological polar surface area (TPSA) is 79.2 Å². The second kappa shape index (κ2) is 8.61. The Kier molecular flexibility index (Phi) is 6.21. The summed E-state index contributed by atoms with van der Waals surface area (Å²) in [7, 11) is 0. The number of hydrogen-bond acceptors (Lipinski definition) is 5. The first kappa shape index (κ1) is 16.6. The Morgan fingerprint density at radius 3 is 2.65 bits per heavy atom. The van der Waals surface area contributed by atoms with Crippen molar-refractivity contribution in [2.75, 3.05) is 17.7 Å². The number of rotatable bonds is 7. The molecular weight excluding hydrogens is 312 g/mol. The first-order valence-electron chi connectivity index (χ1n) is 6.79. The van der Waals surface area contributed by atoms with Crippen molar-refractivity contribution in [1.29, 1.82) is 5.26 Å². The lowest BCUT2D eigenvalue weighted by Crippen LogP contribution is -2.20. The minimum Gasteiger partial charge on any atom is -0.484 e. The number of nitrogens with one attached hydrogen (secondary N) is 1. The van der Waals surface area contributed by atoms with E-state index >= 15 is 0 Å². The van der Waals surface area contributed by atoms with E-state index in [1.54, 1.807) is 30.3 Å². The van der Waals surface area contributed by atoms with Crippen LogP contribution in [0.15, 0.2) is 53.4 Å². The summed E-state index contributed by atoms with van der Waals surface area (Å²) in [6, 6.07) is 15.8. The lowest BCUT2D eigenvalue weighted by Gasteiger charge is -2.10. The predicted octanol–water partition coefficient (Wildman–Crippen LogP) is 3.13. The van der Waals surface area contributed by atoms with E-state index in [-0.39, 0.29) is 12.5 Å². The number of para-hydroxylation sites is 1. The van der Waals surface area contributed by atoms with Gasteiger partial charge in [0.2, 0.25) is 0 Å². The van der Waals surface area contributed by atoms with Gasteiger partial charge in [-0.15, -0.1) is 11.8 Å². The Balaban J connectivity index is 1.91. The van der Waals surface area contributed by atoms with Crippen LogP contribution >= 0.6 is 11.8 Å². The molecule has 0 atom stereocenters. The fourth-order valence-electron chi connectivity index (χ4n) is 1.78. The van der Waals surface area contributed by atoms with Crippen molar-refractivity contribution in [3.05, 3.63) is 54.1 Å². The SMILES string of the molecule is N#CCSc1ccccc1NC(=O)COc1ccc(C=O)cc1. The molecule has 0 saturated carbocycles. The molecule has 0 spiro atoms. The van der Waals surface area contributed by atoms with Gasteiger partial charge in [-0.3, -0.25) is 9.59 Å². The number of amides is 1. The van der Waals surface area contributed by atoms with Crippen LogP contribution in [0.4, 0.5) is 5.69 Å². The normalized spacial score (nSPS) is 9.70. The van der Waals surface area contributed by atoms with Gasteiger partial charge >= 0.3 is 0 Å². The zero-order valence-electron chi connectivity index (χ0n) is 12.2. The molecule has 0 radical (unpaired) electrons. The monoisotopic (exact) mass is 326 g/mol. The van der Waals surface area contributed by atoms with Crippen LogP contribution in [0, 0.1) is 11.3 Å². The highest BCUT2D eigenvalue weighted by Gasteiger charge is 2.08.